The highest BCUT2D eigenvalue weighted by Crippen LogP contribution is 2.33. The lowest BCUT2D eigenvalue weighted by Gasteiger charge is -2.32. The summed E-state index contributed by atoms with van der Waals surface area (Å²) in [4.78, 5) is 12.9. The number of nitrogens with zero attached hydrogens (tertiary/aromatic N) is 1. The average molecular weight is 257 g/mol. The molecule has 18 heavy (non-hydrogen) atoms. The third-order valence-corrected chi connectivity index (χ3v) is 3.92. The van der Waals surface area contributed by atoms with Crippen LogP contribution in [0.25, 0.3) is 0 Å². The lowest BCUT2D eigenvalue weighted by Crippen LogP contribution is -2.42. The Morgan fingerprint density at radius 1 is 1.61 bits per heavy atom. The highest BCUT2D eigenvalue weighted by atomic mass is 16.4. The van der Waals surface area contributed by atoms with E-state index in [1.165, 1.54) is 13.0 Å². The Hall–Kier alpha value is -0.650. The Morgan fingerprint density at radius 2 is 2.28 bits per heavy atom. The van der Waals surface area contributed by atoms with E-state index in [2.05, 4.69) is 31.1 Å². The minimum Gasteiger partial charge on any atom is -0.481 e. The van der Waals surface area contributed by atoms with E-state index in [9.17, 15) is 4.79 Å². The summed E-state index contributed by atoms with van der Waals surface area (Å²) in [5.74, 6) is -0.133. The second-order valence-corrected chi connectivity index (χ2v) is 6.23. The zero-order valence-corrected chi connectivity index (χ0v) is 11.8. The lowest BCUT2D eigenvalue weighted by molar-refractivity contribution is -0.137. The molecule has 0 aromatic heterocycles. The monoisotopic (exact) mass is 257 g/mol. The first-order valence-electron chi connectivity index (χ1n) is 6.68. The van der Waals surface area contributed by atoms with Crippen molar-refractivity contribution in [2.75, 3.05) is 33.2 Å². The summed E-state index contributed by atoms with van der Waals surface area (Å²) in [5.41, 5.74) is 5.96. The zero-order valence-electron chi connectivity index (χ0n) is 11.8. The van der Waals surface area contributed by atoms with Crippen LogP contribution < -0.4 is 11.1 Å². The molecule has 0 aromatic rings. The molecule has 1 fully saturated rings. The second kappa shape index (κ2) is 6.50. The number of rotatable bonds is 7. The van der Waals surface area contributed by atoms with Crippen LogP contribution in [-0.2, 0) is 4.79 Å². The van der Waals surface area contributed by atoms with Gasteiger partial charge in [-0.25, -0.2) is 0 Å². The van der Waals surface area contributed by atoms with Crippen molar-refractivity contribution in [3.63, 3.8) is 0 Å². The maximum absolute atomic E-state index is 10.5. The second-order valence-electron chi connectivity index (χ2n) is 6.23. The van der Waals surface area contributed by atoms with Crippen molar-refractivity contribution < 1.29 is 9.90 Å². The molecule has 1 saturated heterocycles. The summed E-state index contributed by atoms with van der Waals surface area (Å²) in [7, 11) is 2.16. The molecule has 2 unspecified atom stereocenters. The molecule has 2 atom stereocenters. The molecule has 0 spiro atoms. The molecule has 0 aromatic carbocycles. The summed E-state index contributed by atoms with van der Waals surface area (Å²) in [6.07, 6.45) is 1.27. The number of hydrogen-bond acceptors (Lipinski definition) is 4. The fourth-order valence-corrected chi connectivity index (χ4v) is 2.59. The number of aliphatic carboxylic acids is 1. The van der Waals surface area contributed by atoms with Crippen LogP contribution in [0.5, 0.6) is 0 Å². The van der Waals surface area contributed by atoms with Crippen LogP contribution in [0.1, 0.15) is 26.7 Å². The highest BCUT2D eigenvalue weighted by Gasteiger charge is 2.33. The van der Waals surface area contributed by atoms with Gasteiger partial charge in [0.1, 0.15) is 0 Å². The lowest BCUT2D eigenvalue weighted by atomic mass is 9.78. The van der Waals surface area contributed by atoms with Gasteiger partial charge >= 0.3 is 5.97 Å². The molecule has 1 heterocycles. The molecule has 106 valence electrons. The van der Waals surface area contributed by atoms with Gasteiger partial charge in [-0.2, -0.15) is 0 Å². The standard InChI is InChI=1S/C13H27N3O2/c1-13(2,10-4-5-16(3)8-10)9-15-7-11(14)6-12(17)18/h10-11,15H,4-9,14H2,1-3H3,(H,17,18). The minimum absolute atomic E-state index is 0.0274. The fraction of sp³-hybridized carbons (Fsp3) is 0.923. The van der Waals surface area contributed by atoms with E-state index < -0.39 is 5.97 Å². The van der Waals surface area contributed by atoms with E-state index in [0.29, 0.717) is 12.5 Å². The number of nitrogens with one attached hydrogen (secondary N) is 1. The number of carboxylic acid groups (broad SMARTS) is 1. The van der Waals surface area contributed by atoms with Crippen LogP contribution in [0.2, 0.25) is 0 Å². The maximum Gasteiger partial charge on any atom is 0.304 e. The molecule has 5 nitrogen and oxygen atoms in total. The third kappa shape index (κ3) is 4.92. The van der Waals surface area contributed by atoms with Crippen molar-refractivity contribution in [3.8, 4) is 0 Å². The van der Waals surface area contributed by atoms with Gasteiger partial charge in [0.15, 0.2) is 0 Å². The Labute approximate surface area is 110 Å². The highest BCUT2D eigenvalue weighted by molar-refractivity contribution is 5.67. The van der Waals surface area contributed by atoms with Crippen molar-refractivity contribution in [1.82, 2.24) is 10.2 Å². The summed E-state index contributed by atoms with van der Waals surface area (Å²) in [6, 6.07) is -0.301. The van der Waals surface area contributed by atoms with E-state index in [-0.39, 0.29) is 17.9 Å². The van der Waals surface area contributed by atoms with Crippen molar-refractivity contribution >= 4 is 5.97 Å². The number of carboxylic acids is 1. The normalized spacial score (nSPS) is 23.2. The maximum atomic E-state index is 10.5. The first-order valence-corrected chi connectivity index (χ1v) is 6.68. The molecule has 0 radical (unpaired) electrons. The number of hydrogen-bond donors (Lipinski definition) is 3. The van der Waals surface area contributed by atoms with Crippen molar-refractivity contribution in [3.05, 3.63) is 0 Å². The van der Waals surface area contributed by atoms with Crippen molar-refractivity contribution in [2.24, 2.45) is 17.1 Å². The summed E-state index contributed by atoms with van der Waals surface area (Å²) >= 11 is 0. The average Bonchev–Trinajstić information content (AvgIpc) is 2.64. The van der Waals surface area contributed by atoms with Gasteiger partial charge in [0.05, 0.1) is 6.42 Å². The van der Waals surface area contributed by atoms with Crippen molar-refractivity contribution in [1.29, 1.82) is 0 Å². The third-order valence-electron chi connectivity index (χ3n) is 3.92. The molecule has 4 N–H and O–H groups in total. The Bertz CT molecular complexity index is 281. The number of likely N-dealkylation sites (tertiary alicyclic amines) is 1. The van der Waals surface area contributed by atoms with Gasteiger partial charge in [0.2, 0.25) is 0 Å². The number of nitrogens with two attached hydrogens (primary N) is 1. The molecule has 1 aliphatic heterocycles. The first kappa shape index (κ1) is 15.4. The molecule has 0 amide bonds. The Morgan fingerprint density at radius 3 is 2.78 bits per heavy atom. The largest absolute Gasteiger partial charge is 0.481 e. The smallest absolute Gasteiger partial charge is 0.304 e. The van der Waals surface area contributed by atoms with Crippen LogP contribution in [0.15, 0.2) is 0 Å². The summed E-state index contributed by atoms with van der Waals surface area (Å²) < 4.78 is 0. The SMILES string of the molecule is CN1CCC(C(C)(C)CNCC(N)CC(=O)O)C1. The van der Waals surface area contributed by atoms with E-state index in [0.717, 1.165) is 13.1 Å². The zero-order chi connectivity index (χ0) is 13.8. The molecule has 1 aliphatic rings. The molecule has 0 bridgehead atoms. The molecular weight excluding hydrogens is 230 g/mol. The Kier molecular flexibility index (Phi) is 5.56. The summed E-state index contributed by atoms with van der Waals surface area (Å²) in [6.45, 7) is 8.32. The van der Waals surface area contributed by atoms with Gasteiger partial charge in [-0.15, -0.1) is 0 Å². The quantitative estimate of drug-likeness (QED) is 0.613. The van der Waals surface area contributed by atoms with Crippen molar-refractivity contribution in [2.45, 2.75) is 32.7 Å². The topological polar surface area (TPSA) is 78.6 Å². The van der Waals surface area contributed by atoms with Crippen LogP contribution in [0, 0.1) is 11.3 Å². The summed E-state index contributed by atoms with van der Waals surface area (Å²) in [5, 5.41) is 11.9. The van der Waals surface area contributed by atoms with Crippen LogP contribution >= 0.6 is 0 Å². The van der Waals surface area contributed by atoms with Crippen LogP contribution in [0.4, 0.5) is 0 Å². The van der Waals surface area contributed by atoms with E-state index >= 15 is 0 Å². The molecule has 1 rings (SSSR count). The molecule has 5 heteroatoms. The van der Waals surface area contributed by atoms with Gasteiger partial charge in [-0.05, 0) is 31.3 Å². The van der Waals surface area contributed by atoms with E-state index in [4.69, 9.17) is 10.8 Å². The first-order chi connectivity index (χ1) is 8.31. The number of carbonyl (C=O) groups is 1. The molecule has 0 saturated carbocycles. The molecule has 0 aliphatic carbocycles. The van der Waals surface area contributed by atoms with Gasteiger partial charge in [0, 0.05) is 25.7 Å². The van der Waals surface area contributed by atoms with Gasteiger partial charge in [0.25, 0.3) is 0 Å². The fourth-order valence-electron chi connectivity index (χ4n) is 2.59. The van der Waals surface area contributed by atoms with E-state index in [1.54, 1.807) is 0 Å². The van der Waals surface area contributed by atoms with Crippen LogP contribution in [0.3, 0.4) is 0 Å². The Balaban J connectivity index is 2.26. The van der Waals surface area contributed by atoms with Gasteiger partial charge < -0.3 is 21.1 Å². The van der Waals surface area contributed by atoms with Gasteiger partial charge in [-0.1, -0.05) is 13.8 Å². The predicted molar refractivity (Wildman–Crippen MR) is 72.5 cm³/mol. The van der Waals surface area contributed by atoms with Gasteiger partial charge in [-0.3, -0.25) is 4.79 Å². The predicted octanol–water partition coefficient (Wildman–Crippen LogP) is 0.356. The van der Waals surface area contributed by atoms with E-state index in [1.807, 2.05) is 0 Å². The van der Waals surface area contributed by atoms with Crippen LogP contribution in [-0.4, -0.2) is 55.2 Å². The molecular formula is C13H27N3O2. The minimum atomic E-state index is -0.832.